The fraction of sp³-hybridized carbons (Fsp3) is 0.455. The predicted molar refractivity (Wildman–Crippen MR) is 54.2 cm³/mol. The van der Waals surface area contributed by atoms with Crippen LogP contribution in [-0.2, 0) is 0 Å². The van der Waals surface area contributed by atoms with E-state index >= 15 is 0 Å². The Morgan fingerprint density at radius 2 is 1.86 bits per heavy atom. The van der Waals surface area contributed by atoms with Gasteiger partial charge in [0.15, 0.2) is 0 Å². The molecule has 0 amide bonds. The molecule has 0 aliphatic carbocycles. The zero-order valence-electron chi connectivity index (χ0n) is 8.50. The molecule has 1 aromatic carbocycles. The summed E-state index contributed by atoms with van der Waals surface area (Å²) in [6, 6.07) is 5.82. The topological polar surface area (TPSA) is 46.2 Å². The van der Waals surface area contributed by atoms with Gasteiger partial charge in [-0.25, -0.2) is 4.39 Å². The van der Waals surface area contributed by atoms with Crippen molar-refractivity contribution in [2.24, 2.45) is 5.73 Å². The molecule has 0 aromatic heterocycles. The summed E-state index contributed by atoms with van der Waals surface area (Å²) in [5.41, 5.74) is 6.05. The molecular formula is C11H16FNO. The molecule has 78 valence electrons. The van der Waals surface area contributed by atoms with E-state index in [0.29, 0.717) is 12.0 Å². The molecule has 2 nitrogen and oxygen atoms in total. The molecule has 0 radical (unpaired) electrons. The van der Waals surface area contributed by atoms with Crippen LogP contribution in [0, 0.1) is 5.82 Å². The lowest BCUT2D eigenvalue weighted by molar-refractivity contribution is 0.142. The molecule has 0 aliphatic rings. The third-order valence-electron chi connectivity index (χ3n) is 1.97. The van der Waals surface area contributed by atoms with E-state index in [0.717, 1.165) is 0 Å². The summed E-state index contributed by atoms with van der Waals surface area (Å²) in [7, 11) is 0. The molecule has 0 saturated carbocycles. The second-order valence-electron chi connectivity index (χ2n) is 4.26. The minimum atomic E-state index is -0.629. The Balaban J connectivity index is 2.70. The molecule has 1 atom stereocenters. The van der Waals surface area contributed by atoms with Crippen molar-refractivity contribution in [3.05, 3.63) is 35.6 Å². The van der Waals surface area contributed by atoms with E-state index in [4.69, 9.17) is 5.73 Å². The van der Waals surface area contributed by atoms with E-state index in [1.807, 2.05) is 13.8 Å². The molecule has 0 heterocycles. The van der Waals surface area contributed by atoms with Crippen LogP contribution in [0.1, 0.15) is 31.9 Å². The number of aliphatic hydroxyl groups is 1. The number of benzene rings is 1. The summed E-state index contributed by atoms with van der Waals surface area (Å²) >= 11 is 0. The Morgan fingerprint density at radius 1 is 1.36 bits per heavy atom. The van der Waals surface area contributed by atoms with Gasteiger partial charge in [-0.1, -0.05) is 12.1 Å². The van der Waals surface area contributed by atoms with Crippen LogP contribution < -0.4 is 5.73 Å². The van der Waals surface area contributed by atoms with Crippen molar-refractivity contribution < 1.29 is 9.50 Å². The predicted octanol–water partition coefficient (Wildman–Crippen LogP) is 1.99. The average molecular weight is 197 g/mol. The van der Waals surface area contributed by atoms with Gasteiger partial charge in [0.2, 0.25) is 0 Å². The van der Waals surface area contributed by atoms with E-state index in [-0.39, 0.29) is 5.82 Å². The van der Waals surface area contributed by atoms with Crippen LogP contribution in [0.5, 0.6) is 0 Å². The zero-order valence-corrected chi connectivity index (χ0v) is 8.50. The van der Waals surface area contributed by atoms with E-state index < -0.39 is 11.6 Å². The summed E-state index contributed by atoms with van der Waals surface area (Å²) < 4.78 is 12.6. The lowest BCUT2D eigenvalue weighted by atomic mass is 9.94. The van der Waals surface area contributed by atoms with Crippen molar-refractivity contribution in [1.82, 2.24) is 0 Å². The molecule has 1 aromatic rings. The van der Waals surface area contributed by atoms with E-state index in [1.165, 1.54) is 12.1 Å². The van der Waals surface area contributed by atoms with Gasteiger partial charge in [0, 0.05) is 5.54 Å². The second-order valence-corrected chi connectivity index (χ2v) is 4.26. The van der Waals surface area contributed by atoms with Crippen LogP contribution in [0.3, 0.4) is 0 Å². The number of aliphatic hydroxyl groups excluding tert-OH is 1. The Bertz CT molecular complexity index is 289. The summed E-state index contributed by atoms with van der Waals surface area (Å²) in [5, 5.41) is 9.74. The fourth-order valence-electron chi connectivity index (χ4n) is 1.30. The van der Waals surface area contributed by atoms with Gasteiger partial charge in [-0.2, -0.15) is 0 Å². The molecule has 0 fully saturated rings. The lowest BCUT2D eigenvalue weighted by Crippen LogP contribution is -2.33. The Morgan fingerprint density at radius 3 is 2.29 bits per heavy atom. The van der Waals surface area contributed by atoms with Crippen LogP contribution >= 0.6 is 0 Å². The molecule has 1 unspecified atom stereocenters. The maximum Gasteiger partial charge on any atom is 0.123 e. The second kappa shape index (κ2) is 4.07. The first kappa shape index (κ1) is 11.1. The third-order valence-corrected chi connectivity index (χ3v) is 1.97. The van der Waals surface area contributed by atoms with Gasteiger partial charge in [0.25, 0.3) is 0 Å². The van der Waals surface area contributed by atoms with E-state index in [2.05, 4.69) is 0 Å². The molecular weight excluding hydrogens is 181 g/mol. The lowest BCUT2D eigenvalue weighted by Gasteiger charge is -2.22. The summed E-state index contributed by atoms with van der Waals surface area (Å²) in [6.45, 7) is 3.69. The molecule has 0 spiro atoms. The highest BCUT2D eigenvalue weighted by Crippen LogP contribution is 2.22. The number of hydrogen-bond acceptors (Lipinski definition) is 2. The highest BCUT2D eigenvalue weighted by molar-refractivity contribution is 5.18. The first-order chi connectivity index (χ1) is 6.38. The SMILES string of the molecule is CC(C)(N)CC(O)c1ccc(F)cc1. The zero-order chi connectivity index (χ0) is 10.8. The average Bonchev–Trinajstić information content (AvgIpc) is 2.02. The van der Waals surface area contributed by atoms with Gasteiger partial charge in [-0.3, -0.25) is 0 Å². The number of rotatable bonds is 3. The molecule has 0 saturated heterocycles. The highest BCUT2D eigenvalue weighted by Gasteiger charge is 2.18. The van der Waals surface area contributed by atoms with Crippen molar-refractivity contribution >= 4 is 0 Å². The van der Waals surface area contributed by atoms with Crippen LogP contribution in [0.25, 0.3) is 0 Å². The minimum absolute atomic E-state index is 0.298. The number of hydrogen-bond donors (Lipinski definition) is 2. The van der Waals surface area contributed by atoms with E-state index in [1.54, 1.807) is 12.1 Å². The van der Waals surface area contributed by atoms with Gasteiger partial charge in [-0.15, -0.1) is 0 Å². The van der Waals surface area contributed by atoms with Crippen molar-refractivity contribution in [3.63, 3.8) is 0 Å². The standard InChI is InChI=1S/C11H16FNO/c1-11(2,13)7-10(14)8-3-5-9(12)6-4-8/h3-6,10,14H,7,13H2,1-2H3. The number of nitrogens with two attached hydrogens (primary N) is 1. The Labute approximate surface area is 83.6 Å². The van der Waals surface area contributed by atoms with Crippen molar-refractivity contribution in [1.29, 1.82) is 0 Å². The molecule has 1 rings (SSSR count). The molecule has 3 N–H and O–H groups in total. The van der Waals surface area contributed by atoms with Gasteiger partial charge >= 0.3 is 0 Å². The quantitative estimate of drug-likeness (QED) is 0.778. The van der Waals surface area contributed by atoms with E-state index in [9.17, 15) is 9.50 Å². The summed E-state index contributed by atoms with van der Waals surface area (Å²) in [5.74, 6) is -0.298. The van der Waals surface area contributed by atoms with Crippen LogP contribution in [0.2, 0.25) is 0 Å². The van der Waals surface area contributed by atoms with Crippen LogP contribution in [-0.4, -0.2) is 10.6 Å². The number of halogens is 1. The maximum atomic E-state index is 12.6. The third kappa shape index (κ3) is 3.44. The monoisotopic (exact) mass is 197 g/mol. The largest absolute Gasteiger partial charge is 0.388 e. The maximum absolute atomic E-state index is 12.6. The normalized spacial score (nSPS) is 14.1. The molecule has 3 heteroatoms. The fourth-order valence-corrected chi connectivity index (χ4v) is 1.30. The van der Waals surface area contributed by atoms with Crippen molar-refractivity contribution in [3.8, 4) is 0 Å². The van der Waals surface area contributed by atoms with Crippen molar-refractivity contribution in [2.75, 3.05) is 0 Å². The van der Waals surface area contributed by atoms with Crippen LogP contribution in [0.4, 0.5) is 4.39 Å². The first-order valence-corrected chi connectivity index (χ1v) is 4.61. The van der Waals surface area contributed by atoms with Crippen molar-refractivity contribution in [2.45, 2.75) is 31.9 Å². The first-order valence-electron chi connectivity index (χ1n) is 4.61. The van der Waals surface area contributed by atoms with Gasteiger partial charge in [0.1, 0.15) is 5.82 Å². The Kier molecular flexibility index (Phi) is 3.24. The van der Waals surface area contributed by atoms with Gasteiger partial charge in [0.05, 0.1) is 6.10 Å². The smallest absolute Gasteiger partial charge is 0.123 e. The molecule has 0 aliphatic heterocycles. The van der Waals surface area contributed by atoms with Crippen LogP contribution in [0.15, 0.2) is 24.3 Å². The summed E-state index contributed by atoms with van der Waals surface area (Å²) in [6.07, 6.45) is -0.172. The minimum Gasteiger partial charge on any atom is -0.388 e. The van der Waals surface area contributed by atoms with Gasteiger partial charge < -0.3 is 10.8 Å². The summed E-state index contributed by atoms with van der Waals surface area (Å²) in [4.78, 5) is 0. The van der Waals surface area contributed by atoms with Gasteiger partial charge in [-0.05, 0) is 38.0 Å². The molecule has 14 heavy (non-hydrogen) atoms. The highest BCUT2D eigenvalue weighted by atomic mass is 19.1. The molecule has 0 bridgehead atoms. The Hall–Kier alpha value is -0.930.